The van der Waals surface area contributed by atoms with E-state index in [1.54, 1.807) is 0 Å². The van der Waals surface area contributed by atoms with Crippen LogP contribution in [0.1, 0.15) is 335 Å². The second-order valence-electron chi connectivity index (χ2n) is 23.1. The molecular weight excluding hydrogens is 1010 g/mol. The van der Waals surface area contributed by atoms with E-state index in [9.17, 15) is 14.4 Å². The van der Waals surface area contributed by atoms with E-state index in [-0.39, 0.29) is 31.1 Å². The molecular formula is C76H130O6. The molecule has 0 aliphatic carbocycles. The lowest BCUT2D eigenvalue weighted by molar-refractivity contribution is -0.167. The van der Waals surface area contributed by atoms with Gasteiger partial charge in [-0.25, -0.2) is 0 Å². The summed E-state index contributed by atoms with van der Waals surface area (Å²) in [5.74, 6) is -0.937. The van der Waals surface area contributed by atoms with Crippen LogP contribution in [0.4, 0.5) is 0 Å². The first-order valence-electron chi connectivity index (χ1n) is 34.9. The Morgan fingerprint density at radius 2 is 0.488 bits per heavy atom. The molecule has 470 valence electrons. The van der Waals surface area contributed by atoms with Gasteiger partial charge < -0.3 is 14.2 Å². The van der Waals surface area contributed by atoms with Crippen LogP contribution in [-0.4, -0.2) is 37.2 Å². The number of hydrogen-bond acceptors (Lipinski definition) is 6. The number of carbonyl (C=O) groups excluding carboxylic acids is 3. The maximum absolute atomic E-state index is 12.9. The first-order chi connectivity index (χ1) is 40.5. The SMILES string of the molecule is CC/C=C\C/C=C\C/C=C\C/C=C\C/C=C\C/C=C\C/C=C\C/C=C\CCCCC(=O)OCC(COC(=O)CCCCCCC/C=C\CCCC)OC(=O)CCCCCCCCCCCCCCCCCCCCCCCCCCCC. The van der Waals surface area contributed by atoms with Crippen molar-refractivity contribution in [3.8, 4) is 0 Å². The largest absolute Gasteiger partial charge is 0.462 e. The fourth-order valence-electron chi connectivity index (χ4n) is 9.79. The zero-order chi connectivity index (χ0) is 59.2. The van der Waals surface area contributed by atoms with Gasteiger partial charge in [0.2, 0.25) is 0 Å². The Morgan fingerprint density at radius 3 is 0.817 bits per heavy atom. The maximum atomic E-state index is 12.9. The van der Waals surface area contributed by atoms with Crippen molar-refractivity contribution in [2.24, 2.45) is 0 Å². The Balaban J connectivity index is 4.31. The first kappa shape index (κ1) is 78.1. The van der Waals surface area contributed by atoms with Crippen LogP contribution in [0.3, 0.4) is 0 Å². The van der Waals surface area contributed by atoms with Gasteiger partial charge in [-0.05, 0) is 103 Å². The third-order valence-electron chi connectivity index (χ3n) is 15.0. The van der Waals surface area contributed by atoms with Crippen molar-refractivity contribution >= 4 is 17.9 Å². The van der Waals surface area contributed by atoms with E-state index >= 15 is 0 Å². The Hall–Kier alpha value is -3.93. The number of carbonyl (C=O) groups is 3. The smallest absolute Gasteiger partial charge is 0.306 e. The van der Waals surface area contributed by atoms with E-state index in [0.29, 0.717) is 19.3 Å². The molecule has 0 rings (SSSR count). The number of hydrogen-bond donors (Lipinski definition) is 0. The predicted molar refractivity (Wildman–Crippen MR) is 357 cm³/mol. The summed E-state index contributed by atoms with van der Waals surface area (Å²) in [6, 6.07) is 0. The zero-order valence-corrected chi connectivity index (χ0v) is 54.0. The van der Waals surface area contributed by atoms with E-state index in [1.807, 2.05) is 0 Å². The minimum absolute atomic E-state index is 0.0949. The summed E-state index contributed by atoms with van der Waals surface area (Å²) >= 11 is 0. The van der Waals surface area contributed by atoms with Crippen molar-refractivity contribution in [2.45, 2.75) is 341 Å². The van der Waals surface area contributed by atoms with Gasteiger partial charge in [0.1, 0.15) is 13.2 Å². The highest BCUT2D eigenvalue weighted by atomic mass is 16.6. The van der Waals surface area contributed by atoms with Crippen LogP contribution in [0, 0.1) is 0 Å². The van der Waals surface area contributed by atoms with Gasteiger partial charge in [0.05, 0.1) is 0 Å². The molecule has 82 heavy (non-hydrogen) atoms. The Kier molecular flexibility index (Phi) is 66.2. The zero-order valence-electron chi connectivity index (χ0n) is 54.0. The Bertz CT molecular complexity index is 1640. The summed E-state index contributed by atoms with van der Waals surface area (Å²) in [7, 11) is 0. The molecule has 0 aromatic carbocycles. The van der Waals surface area contributed by atoms with Crippen LogP contribution in [0.15, 0.2) is 109 Å². The van der Waals surface area contributed by atoms with E-state index in [1.165, 1.54) is 173 Å². The van der Waals surface area contributed by atoms with Crippen molar-refractivity contribution in [3.05, 3.63) is 109 Å². The van der Waals surface area contributed by atoms with Crippen molar-refractivity contribution in [1.82, 2.24) is 0 Å². The molecule has 0 aromatic heterocycles. The van der Waals surface area contributed by atoms with Gasteiger partial charge in [-0.2, -0.15) is 0 Å². The number of allylic oxidation sites excluding steroid dienone is 18. The molecule has 6 nitrogen and oxygen atoms in total. The Morgan fingerprint density at radius 1 is 0.256 bits per heavy atom. The molecule has 1 unspecified atom stereocenters. The lowest BCUT2D eigenvalue weighted by Gasteiger charge is -2.18. The highest BCUT2D eigenvalue weighted by molar-refractivity contribution is 5.71. The number of ether oxygens (including phenoxy) is 3. The van der Waals surface area contributed by atoms with Crippen LogP contribution < -0.4 is 0 Å². The molecule has 0 heterocycles. The van der Waals surface area contributed by atoms with Crippen molar-refractivity contribution in [3.63, 3.8) is 0 Å². The van der Waals surface area contributed by atoms with Gasteiger partial charge in [-0.3, -0.25) is 14.4 Å². The molecule has 0 aliphatic heterocycles. The molecule has 0 radical (unpaired) electrons. The standard InChI is InChI=1S/C76H130O6/c1-4-7-10-13-16-19-22-24-26-28-30-32-34-36-38-40-41-43-45-47-49-51-54-57-60-63-66-69-75(78)81-72-73(71-80-74(77)68-65-62-59-56-53-21-18-15-12-9-6-3)82-76(79)70-67-64-61-58-55-52-50-48-46-44-42-39-37-35-33-31-29-27-25-23-20-17-14-11-8-5-2/h7,10,15-16,18-19,24,26,30,32,36,38,41,43,47,49,54,57,73H,4-6,8-9,11-14,17,20-23,25,27-29,31,33-35,37,39-40,42,44-46,48,50-53,55-56,58-72H2,1-3H3/b10-7-,18-15-,19-16-,26-24-,32-30-,38-36-,43-41-,49-47-,57-54-. The maximum Gasteiger partial charge on any atom is 0.306 e. The molecule has 6 heteroatoms. The highest BCUT2D eigenvalue weighted by Gasteiger charge is 2.19. The quantitative estimate of drug-likeness (QED) is 0.0261. The van der Waals surface area contributed by atoms with Gasteiger partial charge in [-0.15, -0.1) is 0 Å². The van der Waals surface area contributed by atoms with E-state index in [2.05, 4.69) is 130 Å². The summed E-state index contributed by atoms with van der Waals surface area (Å²) in [5.41, 5.74) is 0. The fourth-order valence-corrected chi connectivity index (χ4v) is 9.79. The van der Waals surface area contributed by atoms with Crippen molar-refractivity contribution < 1.29 is 28.6 Å². The molecule has 0 bridgehead atoms. The normalized spacial score (nSPS) is 12.8. The molecule has 0 spiro atoms. The van der Waals surface area contributed by atoms with E-state index in [4.69, 9.17) is 14.2 Å². The molecule has 0 saturated heterocycles. The number of rotatable bonds is 63. The van der Waals surface area contributed by atoms with Gasteiger partial charge in [0.15, 0.2) is 6.10 Å². The van der Waals surface area contributed by atoms with E-state index in [0.717, 1.165) is 122 Å². The molecule has 0 aromatic rings. The summed E-state index contributed by atoms with van der Waals surface area (Å²) < 4.78 is 16.9. The lowest BCUT2D eigenvalue weighted by Crippen LogP contribution is -2.30. The van der Waals surface area contributed by atoms with Crippen LogP contribution in [-0.2, 0) is 28.6 Å². The number of unbranched alkanes of at least 4 members (excludes halogenated alkanes) is 34. The van der Waals surface area contributed by atoms with Crippen LogP contribution in [0.25, 0.3) is 0 Å². The third-order valence-corrected chi connectivity index (χ3v) is 15.0. The lowest BCUT2D eigenvalue weighted by atomic mass is 10.0. The average Bonchev–Trinajstić information content (AvgIpc) is 3.48. The molecule has 0 aliphatic rings. The van der Waals surface area contributed by atoms with Gasteiger partial charge >= 0.3 is 17.9 Å². The van der Waals surface area contributed by atoms with Crippen LogP contribution in [0.2, 0.25) is 0 Å². The van der Waals surface area contributed by atoms with Crippen LogP contribution in [0.5, 0.6) is 0 Å². The van der Waals surface area contributed by atoms with E-state index < -0.39 is 6.10 Å². The highest BCUT2D eigenvalue weighted by Crippen LogP contribution is 2.17. The molecule has 0 fully saturated rings. The van der Waals surface area contributed by atoms with Crippen molar-refractivity contribution in [1.29, 1.82) is 0 Å². The Labute approximate surface area is 508 Å². The number of esters is 3. The predicted octanol–water partition coefficient (Wildman–Crippen LogP) is 24.2. The minimum Gasteiger partial charge on any atom is -0.462 e. The fraction of sp³-hybridized carbons (Fsp3) is 0.724. The molecule has 0 saturated carbocycles. The first-order valence-corrected chi connectivity index (χ1v) is 34.9. The average molecular weight is 1140 g/mol. The van der Waals surface area contributed by atoms with Crippen LogP contribution >= 0.6 is 0 Å². The molecule has 1 atom stereocenters. The summed E-state index contributed by atoms with van der Waals surface area (Å²) in [4.78, 5) is 38.3. The molecule has 0 amide bonds. The monoisotopic (exact) mass is 1140 g/mol. The minimum atomic E-state index is -0.801. The van der Waals surface area contributed by atoms with Crippen molar-refractivity contribution in [2.75, 3.05) is 13.2 Å². The summed E-state index contributed by atoms with van der Waals surface area (Å²) in [6.07, 6.45) is 95.6. The summed E-state index contributed by atoms with van der Waals surface area (Å²) in [5, 5.41) is 0. The van der Waals surface area contributed by atoms with Gasteiger partial charge in [0, 0.05) is 19.3 Å². The molecule has 0 N–H and O–H groups in total. The summed E-state index contributed by atoms with van der Waals surface area (Å²) in [6.45, 7) is 6.48. The second-order valence-corrected chi connectivity index (χ2v) is 23.1. The second kappa shape index (κ2) is 69.6. The van der Waals surface area contributed by atoms with Gasteiger partial charge in [0.25, 0.3) is 0 Å². The third kappa shape index (κ3) is 66.9. The van der Waals surface area contributed by atoms with Gasteiger partial charge in [-0.1, -0.05) is 323 Å². The topological polar surface area (TPSA) is 78.9 Å².